The molecule has 0 radical (unpaired) electrons. The first kappa shape index (κ1) is 11.3. The summed E-state index contributed by atoms with van der Waals surface area (Å²) in [6.45, 7) is 1.35. The van der Waals surface area contributed by atoms with Gasteiger partial charge in [-0.1, -0.05) is 0 Å². The lowest BCUT2D eigenvalue weighted by atomic mass is 9.96. The fourth-order valence-corrected chi connectivity index (χ4v) is 1.94. The molecule has 0 aromatic carbocycles. The van der Waals surface area contributed by atoms with Crippen molar-refractivity contribution in [3.63, 3.8) is 0 Å². The number of hydrogen-bond acceptors (Lipinski definition) is 5. The van der Waals surface area contributed by atoms with Crippen LogP contribution < -0.4 is 5.32 Å². The van der Waals surface area contributed by atoms with E-state index >= 15 is 0 Å². The minimum atomic E-state index is -1.19. The summed E-state index contributed by atoms with van der Waals surface area (Å²) >= 11 is 0. The number of hydrogen-bond donors (Lipinski definition) is 1. The van der Waals surface area contributed by atoms with Crippen molar-refractivity contribution in [2.75, 3.05) is 14.2 Å². The number of carbonyl (C=O) groups is 2. The smallest absolute Gasteiger partial charge is 0.240 e. The van der Waals surface area contributed by atoms with Gasteiger partial charge in [0.2, 0.25) is 11.7 Å². The largest absolute Gasteiger partial charge is 0.355 e. The van der Waals surface area contributed by atoms with Gasteiger partial charge >= 0.3 is 0 Å². The van der Waals surface area contributed by atoms with Crippen LogP contribution in [0.3, 0.4) is 0 Å². The molecule has 1 N–H and O–H groups in total. The highest BCUT2D eigenvalue weighted by atomic mass is 16.7. The van der Waals surface area contributed by atoms with E-state index in [1.54, 1.807) is 0 Å². The Kier molecular flexibility index (Phi) is 2.57. The van der Waals surface area contributed by atoms with Crippen molar-refractivity contribution in [1.29, 1.82) is 0 Å². The maximum Gasteiger partial charge on any atom is 0.240 e. The molecule has 0 bridgehead atoms. The van der Waals surface area contributed by atoms with Crippen LogP contribution in [0.25, 0.3) is 0 Å². The fourth-order valence-electron chi connectivity index (χ4n) is 1.94. The van der Waals surface area contributed by atoms with Crippen LogP contribution in [0.1, 0.15) is 6.92 Å². The van der Waals surface area contributed by atoms with Crippen LogP contribution >= 0.6 is 0 Å². The van der Waals surface area contributed by atoms with E-state index in [4.69, 9.17) is 14.2 Å². The van der Waals surface area contributed by atoms with Crippen LogP contribution in [0, 0.1) is 0 Å². The number of methoxy groups -OCH3 is 2. The fraction of sp³-hybridized carbons (Fsp3) is 0.600. The maximum absolute atomic E-state index is 11.5. The Morgan fingerprint density at radius 3 is 2.62 bits per heavy atom. The third-order valence-electron chi connectivity index (χ3n) is 2.73. The Morgan fingerprint density at radius 2 is 2.12 bits per heavy atom. The van der Waals surface area contributed by atoms with E-state index in [2.05, 4.69) is 5.32 Å². The van der Waals surface area contributed by atoms with Gasteiger partial charge in [-0.25, -0.2) is 0 Å². The van der Waals surface area contributed by atoms with Gasteiger partial charge in [-0.2, -0.15) is 0 Å². The number of nitrogens with one attached hydrogen (secondary N) is 1. The Balaban J connectivity index is 2.36. The molecule has 2 atom stereocenters. The molecule has 0 aromatic rings. The summed E-state index contributed by atoms with van der Waals surface area (Å²) in [5, 5.41) is 2.53. The first-order chi connectivity index (χ1) is 7.55. The maximum atomic E-state index is 11.5. The van der Waals surface area contributed by atoms with E-state index in [0.717, 1.165) is 0 Å². The Hall–Kier alpha value is -1.24. The van der Waals surface area contributed by atoms with Crippen molar-refractivity contribution in [3.8, 4) is 0 Å². The zero-order chi connectivity index (χ0) is 11.9. The first-order valence-electron chi connectivity index (χ1n) is 4.84. The second-order valence-corrected chi connectivity index (χ2v) is 3.69. The number of fused-ring (bicyclic) bond motifs is 1. The van der Waals surface area contributed by atoms with Gasteiger partial charge in [0, 0.05) is 27.2 Å². The first-order valence-corrected chi connectivity index (χ1v) is 4.84. The van der Waals surface area contributed by atoms with Crippen molar-refractivity contribution >= 4 is 11.7 Å². The molecule has 0 spiro atoms. The van der Waals surface area contributed by atoms with Crippen molar-refractivity contribution in [2.24, 2.45) is 0 Å². The number of carbonyl (C=O) groups excluding carboxylic acids is 2. The van der Waals surface area contributed by atoms with E-state index in [1.165, 1.54) is 27.2 Å². The van der Waals surface area contributed by atoms with Gasteiger partial charge in [0.15, 0.2) is 18.0 Å². The lowest BCUT2D eigenvalue weighted by Gasteiger charge is -2.33. The molecule has 16 heavy (non-hydrogen) atoms. The SMILES string of the molecule is COC1(OC)C(NC(C)=O)=CC(=O)C2OC21. The molecule has 0 saturated carbocycles. The summed E-state index contributed by atoms with van der Waals surface area (Å²) in [4.78, 5) is 22.5. The summed E-state index contributed by atoms with van der Waals surface area (Å²) in [6.07, 6.45) is 0.294. The standard InChI is InChI=1S/C10H13NO5/c1-5(12)11-7-4-6(13)8-9(16-8)10(7,14-2)15-3/h4,8-9H,1-3H3,(H,11,12). The van der Waals surface area contributed by atoms with Crippen LogP contribution in [0.15, 0.2) is 11.8 Å². The normalized spacial score (nSPS) is 30.4. The molecule has 1 amide bonds. The quantitative estimate of drug-likeness (QED) is 0.512. The third-order valence-corrected chi connectivity index (χ3v) is 2.73. The number of rotatable bonds is 3. The molecule has 1 fully saturated rings. The van der Waals surface area contributed by atoms with Crippen molar-refractivity contribution in [3.05, 3.63) is 11.8 Å². The molecule has 2 aliphatic rings. The van der Waals surface area contributed by atoms with Crippen LogP contribution in [0.4, 0.5) is 0 Å². The Bertz CT molecular complexity index is 371. The highest BCUT2D eigenvalue weighted by molar-refractivity contribution is 5.99. The average Bonchev–Trinajstić information content (AvgIpc) is 2.99. The average molecular weight is 227 g/mol. The van der Waals surface area contributed by atoms with Crippen LogP contribution in [0.2, 0.25) is 0 Å². The molecule has 1 aliphatic carbocycles. The number of ether oxygens (including phenoxy) is 3. The highest BCUT2D eigenvalue weighted by Crippen LogP contribution is 2.43. The molecule has 1 aliphatic heterocycles. The molecule has 1 heterocycles. The number of amides is 1. The molecule has 2 unspecified atom stereocenters. The van der Waals surface area contributed by atoms with Gasteiger partial charge in [0.25, 0.3) is 0 Å². The summed E-state index contributed by atoms with van der Waals surface area (Å²) in [7, 11) is 2.88. The summed E-state index contributed by atoms with van der Waals surface area (Å²) in [5.74, 6) is -1.67. The van der Waals surface area contributed by atoms with Crippen LogP contribution in [-0.4, -0.2) is 43.9 Å². The lowest BCUT2D eigenvalue weighted by molar-refractivity contribution is -0.195. The van der Waals surface area contributed by atoms with Crippen molar-refractivity contribution < 1.29 is 23.8 Å². The minimum Gasteiger partial charge on any atom is -0.355 e. The Morgan fingerprint density at radius 1 is 1.50 bits per heavy atom. The highest BCUT2D eigenvalue weighted by Gasteiger charge is 2.64. The van der Waals surface area contributed by atoms with E-state index in [0.29, 0.717) is 0 Å². The van der Waals surface area contributed by atoms with Gasteiger partial charge in [0.05, 0.1) is 5.70 Å². The lowest BCUT2D eigenvalue weighted by Crippen LogP contribution is -2.51. The summed E-state index contributed by atoms with van der Waals surface area (Å²) in [5.41, 5.74) is 0.286. The summed E-state index contributed by atoms with van der Waals surface area (Å²) in [6, 6.07) is 0. The van der Waals surface area contributed by atoms with Gasteiger partial charge in [0.1, 0.15) is 0 Å². The summed E-state index contributed by atoms with van der Waals surface area (Å²) < 4.78 is 15.7. The minimum absolute atomic E-state index is 0.182. The zero-order valence-electron chi connectivity index (χ0n) is 9.27. The molecule has 2 rings (SSSR count). The Labute approximate surface area is 92.5 Å². The van der Waals surface area contributed by atoms with Gasteiger partial charge in [-0.3, -0.25) is 9.59 Å². The number of ketones is 1. The molecule has 6 heteroatoms. The van der Waals surface area contributed by atoms with Gasteiger partial charge in [-0.15, -0.1) is 0 Å². The molecule has 1 saturated heterocycles. The second kappa shape index (κ2) is 3.65. The molecular weight excluding hydrogens is 214 g/mol. The van der Waals surface area contributed by atoms with Crippen molar-refractivity contribution in [1.82, 2.24) is 5.32 Å². The second-order valence-electron chi connectivity index (χ2n) is 3.69. The molecule has 6 nitrogen and oxygen atoms in total. The van der Waals surface area contributed by atoms with Crippen LogP contribution in [-0.2, 0) is 23.8 Å². The third kappa shape index (κ3) is 1.46. The van der Waals surface area contributed by atoms with E-state index < -0.39 is 18.0 Å². The topological polar surface area (TPSA) is 77.2 Å². The van der Waals surface area contributed by atoms with E-state index in [-0.39, 0.29) is 17.4 Å². The monoisotopic (exact) mass is 227 g/mol. The number of epoxide rings is 1. The molecular formula is C10H13NO5. The predicted octanol–water partition coefficient (Wildman–Crippen LogP) is -0.654. The molecule has 0 aromatic heterocycles. The predicted molar refractivity (Wildman–Crippen MR) is 52.3 cm³/mol. The van der Waals surface area contributed by atoms with Crippen molar-refractivity contribution in [2.45, 2.75) is 24.9 Å². The van der Waals surface area contributed by atoms with E-state index in [9.17, 15) is 9.59 Å². The van der Waals surface area contributed by atoms with E-state index in [1.807, 2.05) is 0 Å². The molecule has 88 valence electrons. The van der Waals surface area contributed by atoms with Gasteiger partial charge < -0.3 is 19.5 Å². The van der Waals surface area contributed by atoms with Gasteiger partial charge in [-0.05, 0) is 0 Å². The zero-order valence-corrected chi connectivity index (χ0v) is 9.27. The van der Waals surface area contributed by atoms with Crippen LogP contribution in [0.5, 0.6) is 0 Å².